The third-order valence-corrected chi connectivity index (χ3v) is 3.85. The highest BCUT2D eigenvalue weighted by molar-refractivity contribution is 9.10. The van der Waals surface area contributed by atoms with Gasteiger partial charge in [0, 0.05) is 11.0 Å². The topological polar surface area (TPSA) is 41.5 Å². The summed E-state index contributed by atoms with van der Waals surface area (Å²) in [6.07, 6.45) is 0. The maximum absolute atomic E-state index is 13.7. The minimum Gasteiger partial charge on any atom is -0.503 e. The molecule has 0 aliphatic heterocycles. The van der Waals surface area contributed by atoms with E-state index in [1.165, 1.54) is 19.2 Å². The highest BCUT2D eigenvalue weighted by Crippen LogP contribution is 2.35. The number of ether oxygens (including phenoxy) is 1. The van der Waals surface area contributed by atoms with Gasteiger partial charge in [0.05, 0.1) is 11.6 Å². The predicted molar refractivity (Wildman–Crippen MR) is 83.7 cm³/mol. The van der Waals surface area contributed by atoms with Crippen LogP contribution in [0.3, 0.4) is 0 Å². The molecule has 21 heavy (non-hydrogen) atoms. The molecule has 0 bridgehead atoms. The summed E-state index contributed by atoms with van der Waals surface area (Å²) in [6, 6.07) is 5.58. The highest BCUT2D eigenvalue weighted by atomic mass is 79.9. The Morgan fingerprint density at radius 1 is 1.14 bits per heavy atom. The molecule has 112 valence electrons. The van der Waals surface area contributed by atoms with Gasteiger partial charge < -0.3 is 15.2 Å². The molecule has 0 saturated carbocycles. The van der Waals surface area contributed by atoms with Gasteiger partial charge in [-0.1, -0.05) is 15.9 Å². The largest absolute Gasteiger partial charge is 0.503 e. The van der Waals surface area contributed by atoms with Crippen LogP contribution in [0.4, 0.5) is 14.5 Å². The number of halogens is 4. The predicted octanol–water partition coefficient (Wildman–Crippen LogP) is 4.82. The van der Waals surface area contributed by atoms with Crippen LogP contribution in [0, 0.1) is 11.6 Å². The van der Waals surface area contributed by atoms with Crippen molar-refractivity contribution < 1.29 is 18.6 Å². The van der Waals surface area contributed by atoms with Crippen LogP contribution >= 0.6 is 31.9 Å². The fourth-order valence-electron chi connectivity index (χ4n) is 1.79. The summed E-state index contributed by atoms with van der Waals surface area (Å²) < 4.78 is 33.2. The lowest BCUT2D eigenvalue weighted by Crippen LogP contribution is -2.04. The molecule has 0 unspecified atom stereocenters. The minimum absolute atomic E-state index is 0.0257. The third kappa shape index (κ3) is 3.65. The molecule has 7 heteroatoms. The Kier molecular flexibility index (Phi) is 5.05. The van der Waals surface area contributed by atoms with Crippen LogP contribution in [0.2, 0.25) is 0 Å². The molecule has 2 aromatic rings. The van der Waals surface area contributed by atoms with Gasteiger partial charge in [-0.15, -0.1) is 0 Å². The fourth-order valence-corrected chi connectivity index (χ4v) is 2.68. The van der Waals surface area contributed by atoms with Crippen LogP contribution in [-0.4, -0.2) is 12.2 Å². The molecular weight excluding hydrogens is 412 g/mol. The van der Waals surface area contributed by atoms with Gasteiger partial charge in [-0.3, -0.25) is 0 Å². The highest BCUT2D eigenvalue weighted by Gasteiger charge is 2.12. The molecule has 3 nitrogen and oxygen atoms in total. The summed E-state index contributed by atoms with van der Waals surface area (Å²) in [5.74, 6) is -1.13. The number of aromatic hydroxyl groups is 1. The first-order valence-electron chi connectivity index (χ1n) is 5.86. The average molecular weight is 423 g/mol. The van der Waals surface area contributed by atoms with Crippen molar-refractivity contribution in [1.29, 1.82) is 0 Å². The van der Waals surface area contributed by atoms with Crippen LogP contribution in [0.5, 0.6) is 11.5 Å². The van der Waals surface area contributed by atoms with E-state index in [1.807, 2.05) is 0 Å². The Bertz CT molecular complexity index is 657. The summed E-state index contributed by atoms with van der Waals surface area (Å²) in [6.45, 7) is 0.171. The van der Waals surface area contributed by atoms with Crippen molar-refractivity contribution in [2.24, 2.45) is 0 Å². The maximum atomic E-state index is 13.7. The molecule has 2 rings (SSSR count). The quantitative estimate of drug-likeness (QED) is 0.742. The number of nitrogens with one attached hydrogen (secondary N) is 1. The van der Waals surface area contributed by atoms with Crippen LogP contribution in [0.15, 0.2) is 33.2 Å². The zero-order valence-corrected chi connectivity index (χ0v) is 14.1. The second kappa shape index (κ2) is 6.62. The Balaban J connectivity index is 2.23. The number of hydrogen-bond acceptors (Lipinski definition) is 3. The number of anilines is 1. The molecule has 0 aliphatic carbocycles. The van der Waals surface area contributed by atoms with Gasteiger partial charge in [0.1, 0.15) is 17.3 Å². The van der Waals surface area contributed by atoms with E-state index in [1.54, 1.807) is 12.1 Å². The van der Waals surface area contributed by atoms with Crippen LogP contribution < -0.4 is 10.1 Å². The van der Waals surface area contributed by atoms with Crippen molar-refractivity contribution in [3.63, 3.8) is 0 Å². The summed E-state index contributed by atoms with van der Waals surface area (Å²) in [5.41, 5.74) is 0.486. The molecule has 0 aromatic heterocycles. The molecule has 0 aliphatic rings. The maximum Gasteiger partial charge on any atom is 0.172 e. The first-order chi connectivity index (χ1) is 9.92. The van der Waals surface area contributed by atoms with E-state index < -0.39 is 11.6 Å². The summed E-state index contributed by atoms with van der Waals surface area (Å²) in [4.78, 5) is 0. The molecule has 0 amide bonds. The van der Waals surface area contributed by atoms with E-state index in [0.717, 1.165) is 0 Å². The van der Waals surface area contributed by atoms with E-state index >= 15 is 0 Å². The van der Waals surface area contributed by atoms with Crippen molar-refractivity contribution in [2.75, 3.05) is 12.4 Å². The van der Waals surface area contributed by atoms with Crippen LogP contribution in [0.25, 0.3) is 0 Å². The van der Waals surface area contributed by atoms with Crippen molar-refractivity contribution in [3.8, 4) is 11.5 Å². The van der Waals surface area contributed by atoms with E-state index in [2.05, 4.69) is 37.2 Å². The molecular formula is C14H11Br2F2NO2. The molecule has 0 saturated heterocycles. The van der Waals surface area contributed by atoms with Gasteiger partial charge in [0.25, 0.3) is 0 Å². The Morgan fingerprint density at radius 3 is 2.33 bits per heavy atom. The number of phenolic OH excluding ortho intramolecular Hbond substituents is 1. The smallest absolute Gasteiger partial charge is 0.172 e. The van der Waals surface area contributed by atoms with Gasteiger partial charge in [-0.25, -0.2) is 8.78 Å². The lowest BCUT2D eigenvalue weighted by molar-refractivity contribution is 0.371. The van der Waals surface area contributed by atoms with Gasteiger partial charge in [0.2, 0.25) is 0 Å². The SMILES string of the molecule is COc1cc(CNc2c(F)cc(Br)cc2F)cc(Br)c1O. The number of benzene rings is 2. The molecule has 0 atom stereocenters. The normalized spacial score (nSPS) is 10.5. The fraction of sp³-hybridized carbons (Fsp3) is 0.143. The van der Waals surface area contributed by atoms with E-state index in [4.69, 9.17) is 4.74 Å². The zero-order chi connectivity index (χ0) is 15.6. The molecule has 0 radical (unpaired) electrons. The molecule has 0 heterocycles. The van der Waals surface area contributed by atoms with Gasteiger partial charge in [-0.2, -0.15) is 0 Å². The standard InChI is InChI=1S/C14H11Br2F2NO2/c1-21-12-3-7(2-9(16)14(12)20)6-19-13-10(17)4-8(15)5-11(13)18/h2-5,19-20H,6H2,1H3. The van der Waals surface area contributed by atoms with Crippen molar-refractivity contribution in [2.45, 2.75) is 6.54 Å². The van der Waals surface area contributed by atoms with Crippen molar-refractivity contribution in [3.05, 3.63) is 50.4 Å². The molecule has 0 spiro atoms. The summed E-state index contributed by atoms with van der Waals surface area (Å²) in [7, 11) is 1.42. The van der Waals surface area contributed by atoms with E-state index in [9.17, 15) is 13.9 Å². The summed E-state index contributed by atoms with van der Waals surface area (Å²) >= 11 is 6.21. The van der Waals surface area contributed by atoms with Crippen LogP contribution in [0.1, 0.15) is 5.56 Å². The number of rotatable bonds is 4. The average Bonchev–Trinajstić information content (AvgIpc) is 2.41. The van der Waals surface area contributed by atoms with Crippen molar-refractivity contribution >= 4 is 37.5 Å². The van der Waals surface area contributed by atoms with E-state index in [0.29, 0.717) is 14.5 Å². The first-order valence-corrected chi connectivity index (χ1v) is 7.44. The molecule has 2 aromatic carbocycles. The van der Waals surface area contributed by atoms with Gasteiger partial charge >= 0.3 is 0 Å². The Labute approximate surface area is 137 Å². The number of methoxy groups -OCH3 is 1. The first kappa shape index (κ1) is 16.0. The molecule has 0 fully saturated rings. The Hall–Kier alpha value is -1.34. The lowest BCUT2D eigenvalue weighted by atomic mass is 10.2. The number of hydrogen-bond donors (Lipinski definition) is 2. The molecule has 2 N–H and O–H groups in total. The monoisotopic (exact) mass is 421 g/mol. The Morgan fingerprint density at radius 2 is 1.76 bits per heavy atom. The van der Waals surface area contributed by atoms with Crippen LogP contribution in [-0.2, 0) is 6.54 Å². The lowest BCUT2D eigenvalue weighted by Gasteiger charge is -2.12. The van der Waals surface area contributed by atoms with E-state index in [-0.39, 0.29) is 23.7 Å². The second-order valence-electron chi connectivity index (χ2n) is 4.23. The minimum atomic E-state index is -0.688. The zero-order valence-electron chi connectivity index (χ0n) is 10.9. The summed E-state index contributed by atoms with van der Waals surface area (Å²) in [5, 5.41) is 12.4. The van der Waals surface area contributed by atoms with Gasteiger partial charge in [-0.05, 0) is 45.8 Å². The van der Waals surface area contributed by atoms with Crippen molar-refractivity contribution in [1.82, 2.24) is 0 Å². The number of phenols is 1. The second-order valence-corrected chi connectivity index (χ2v) is 6.00. The third-order valence-electron chi connectivity index (χ3n) is 2.78. The van der Waals surface area contributed by atoms with Gasteiger partial charge in [0.15, 0.2) is 11.5 Å².